The predicted octanol–water partition coefficient (Wildman–Crippen LogP) is 3.78. The molecule has 0 aliphatic rings. The van der Waals surface area contributed by atoms with Gasteiger partial charge in [0.15, 0.2) is 0 Å². The van der Waals surface area contributed by atoms with Gasteiger partial charge >= 0.3 is 0 Å². The Bertz CT molecular complexity index is 1400. The van der Waals surface area contributed by atoms with Gasteiger partial charge in [-0.25, -0.2) is 9.97 Å². The Labute approximate surface area is 233 Å². The second-order valence-corrected chi connectivity index (χ2v) is 9.78. The highest BCUT2D eigenvalue weighted by atomic mass is 35.5. The minimum atomic E-state index is -0.610. The summed E-state index contributed by atoms with van der Waals surface area (Å²) >= 11 is 6.45. The maximum atomic E-state index is 12.8. The van der Waals surface area contributed by atoms with Crippen molar-refractivity contribution in [1.82, 2.24) is 19.8 Å². The summed E-state index contributed by atoms with van der Waals surface area (Å²) in [4.78, 5) is 49.5. The summed E-state index contributed by atoms with van der Waals surface area (Å²) in [5, 5.41) is 3.21. The van der Waals surface area contributed by atoms with E-state index in [-0.39, 0.29) is 12.3 Å². The van der Waals surface area contributed by atoms with Crippen LogP contribution >= 0.6 is 11.6 Å². The van der Waals surface area contributed by atoms with Gasteiger partial charge in [-0.2, -0.15) is 0 Å². The average Bonchev–Trinajstić information content (AvgIpc) is 2.90. The molecule has 1 N–H and O–H groups in total. The number of carbonyl (C=O) groups excluding carboxylic acids is 3. The molecule has 204 valence electrons. The van der Waals surface area contributed by atoms with Crippen LogP contribution in [0.1, 0.15) is 38.6 Å². The Balaban J connectivity index is 1.97. The third-order valence-corrected chi connectivity index (χ3v) is 6.19. The second-order valence-electron chi connectivity index (χ2n) is 9.37. The second kappa shape index (κ2) is 13.1. The van der Waals surface area contributed by atoms with Crippen molar-refractivity contribution >= 4 is 34.9 Å². The number of Topliss-reactive ketones (excluding diaryl/α,β-unsaturated/α-hetero) is 1. The highest BCUT2D eigenvalue weighted by Crippen LogP contribution is 2.30. The first-order valence-electron chi connectivity index (χ1n) is 12.2. The lowest BCUT2D eigenvalue weighted by Gasteiger charge is -2.18. The van der Waals surface area contributed by atoms with Gasteiger partial charge in [0, 0.05) is 56.5 Å². The molecule has 10 heteroatoms. The largest absolute Gasteiger partial charge is 0.496 e. The molecular formula is C29H32ClN5O4. The molecule has 0 radical (unpaired) electrons. The van der Waals surface area contributed by atoms with E-state index in [1.165, 1.54) is 31.3 Å². The number of rotatable bonds is 11. The van der Waals surface area contributed by atoms with Gasteiger partial charge in [-0.05, 0) is 43.4 Å². The van der Waals surface area contributed by atoms with Crippen molar-refractivity contribution < 1.29 is 19.1 Å². The van der Waals surface area contributed by atoms with E-state index >= 15 is 0 Å². The van der Waals surface area contributed by atoms with Gasteiger partial charge in [0.25, 0.3) is 11.7 Å². The summed E-state index contributed by atoms with van der Waals surface area (Å²) in [6.45, 7) is 4.12. The highest BCUT2D eigenvalue weighted by Gasteiger charge is 2.22. The van der Waals surface area contributed by atoms with Crippen LogP contribution in [0.25, 0.3) is 0 Å². The van der Waals surface area contributed by atoms with E-state index in [0.717, 1.165) is 11.1 Å². The van der Waals surface area contributed by atoms with Crippen LogP contribution in [0.15, 0.2) is 55.3 Å². The molecule has 3 aromatic rings. The Hall–Kier alpha value is -4.08. The van der Waals surface area contributed by atoms with Gasteiger partial charge in [-0.15, -0.1) is 0 Å². The van der Waals surface area contributed by atoms with E-state index in [2.05, 4.69) is 21.9 Å². The minimum absolute atomic E-state index is 0.233. The van der Waals surface area contributed by atoms with E-state index in [0.29, 0.717) is 52.1 Å². The molecule has 1 aromatic heterocycles. The molecule has 0 unspecified atom stereocenters. The number of likely N-dealkylation sites (N-methyl/N-ethyl adjacent to an activating group) is 1. The van der Waals surface area contributed by atoms with Crippen LogP contribution in [0.3, 0.4) is 0 Å². The normalized spacial score (nSPS) is 10.7. The smallest absolute Gasteiger partial charge is 0.294 e. The number of ketones is 1. The number of nitrogens with zero attached hydrogens (tertiary/aromatic N) is 4. The molecule has 0 bridgehead atoms. The van der Waals surface area contributed by atoms with Gasteiger partial charge in [0.2, 0.25) is 5.91 Å². The van der Waals surface area contributed by atoms with Crippen LogP contribution in [-0.2, 0) is 29.0 Å². The summed E-state index contributed by atoms with van der Waals surface area (Å²) in [5.41, 5.74) is 3.72. The first-order chi connectivity index (χ1) is 18.5. The number of hydrogen-bond acceptors (Lipinski definition) is 7. The van der Waals surface area contributed by atoms with Gasteiger partial charge in [0.1, 0.15) is 11.6 Å². The number of methoxy groups -OCH3 is 1. The van der Waals surface area contributed by atoms with Crippen LogP contribution in [0.2, 0.25) is 5.02 Å². The van der Waals surface area contributed by atoms with Crippen molar-refractivity contribution in [2.24, 2.45) is 0 Å². The summed E-state index contributed by atoms with van der Waals surface area (Å²) < 4.78 is 5.65. The number of nitrogens with one attached hydrogen (secondary N) is 1. The SMILES string of the molecule is C=CC(=O)Nc1cc(Cc2ncc(Cl)c(Cc3ccccc3C(=O)C(=O)N(C)C)n2)c(OC)cc1CN(C)C. The van der Waals surface area contributed by atoms with Crippen molar-refractivity contribution in [3.05, 3.63) is 94.0 Å². The highest BCUT2D eigenvalue weighted by molar-refractivity contribution is 6.43. The zero-order valence-corrected chi connectivity index (χ0v) is 23.5. The summed E-state index contributed by atoms with van der Waals surface area (Å²) in [6, 6.07) is 10.6. The van der Waals surface area contributed by atoms with Gasteiger partial charge < -0.3 is 19.9 Å². The zero-order chi connectivity index (χ0) is 28.7. The Morgan fingerprint density at radius 1 is 1.05 bits per heavy atom. The molecule has 3 rings (SSSR count). The molecule has 0 fully saturated rings. The lowest BCUT2D eigenvalue weighted by Crippen LogP contribution is -2.30. The standard InChI is InChI=1S/C29H32ClN5O4/c1-7-27(36)33-23-13-19(25(39-6)14-20(23)17-34(2)3)15-26-31-16-22(30)24(32-26)12-18-10-8-9-11-21(18)28(37)29(38)35(4)5/h7-11,13-14,16H,1,12,15,17H2,2-6H3,(H,33,36). The Morgan fingerprint density at radius 3 is 2.41 bits per heavy atom. The lowest BCUT2D eigenvalue weighted by molar-refractivity contribution is -0.124. The number of anilines is 1. The topological polar surface area (TPSA) is 105 Å². The molecule has 0 spiro atoms. The predicted molar refractivity (Wildman–Crippen MR) is 151 cm³/mol. The maximum Gasteiger partial charge on any atom is 0.294 e. The van der Waals surface area contributed by atoms with Crippen molar-refractivity contribution in [2.45, 2.75) is 19.4 Å². The fourth-order valence-corrected chi connectivity index (χ4v) is 4.14. The molecule has 9 nitrogen and oxygen atoms in total. The Morgan fingerprint density at radius 2 is 1.77 bits per heavy atom. The maximum absolute atomic E-state index is 12.8. The fraction of sp³-hybridized carbons (Fsp3) is 0.276. The van der Waals surface area contributed by atoms with Crippen LogP contribution in [0, 0.1) is 0 Å². The van der Waals surface area contributed by atoms with Gasteiger partial charge in [-0.1, -0.05) is 42.4 Å². The fourth-order valence-electron chi connectivity index (χ4n) is 3.98. The molecule has 0 saturated carbocycles. The third kappa shape index (κ3) is 7.49. The van der Waals surface area contributed by atoms with Crippen molar-refractivity contribution in [1.29, 1.82) is 0 Å². The minimum Gasteiger partial charge on any atom is -0.496 e. The number of aromatic nitrogens is 2. The summed E-state index contributed by atoms with van der Waals surface area (Å²) in [6.07, 6.45) is 3.26. The number of carbonyl (C=O) groups is 3. The molecule has 2 aromatic carbocycles. The first kappa shape index (κ1) is 29.5. The Kier molecular flexibility index (Phi) is 9.92. The molecule has 1 heterocycles. The molecule has 0 aliphatic heterocycles. The van der Waals surface area contributed by atoms with E-state index in [4.69, 9.17) is 16.3 Å². The quantitative estimate of drug-likeness (QED) is 0.220. The lowest BCUT2D eigenvalue weighted by atomic mass is 9.98. The molecule has 0 atom stereocenters. The number of benzene rings is 2. The molecule has 0 aliphatic carbocycles. The first-order valence-corrected chi connectivity index (χ1v) is 12.5. The number of hydrogen-bond donors (Lipinski definition) is 1. The van der Waals surface area contributed by atoms with Crippen molar-refractivity contribution in [3.8, 4) is 5.75 Å². The summed E-state index contributed by atoms with van der Waals surface area (Å²) in [7, 11) is 8.52. The van der Waals surface area contributed by atoms with E-state index in [1.54, 1.807) is 31.4 Å². The van der Waals surface area contributed by atoms with Crippen molar-refractivity contribution in [2.75, 3.05) is 40.6 Å². The number of ether oxygens (including phenoxy) is 1. The molecular weight excluding hydrogens is 518 g/mol. The van der Waals surface area contributed by atoms with Gasteiger partial charge in [0.05, 0.1) is 17.8 Å². The summed E-state index contributed by atoms with van der Waals surface area (Å²) in [5.74, 6) is -0.431. The van der Waals surface area contributed by atoms with Gasteiger partial charge in [-0.3, -0.25) is 14.4 Å². The van der Waals surface area contributed by atoms with E-state index in [9.17, 15) is 14.4 Å². The molecule has 2 amide bonds. The third-order valence-electron chi connectivity index (χ3n) is 5.87. The van der Waals surface area contributed by atoms with E-state index < -0.39 is 11.7 Å². The number of halogens is 1. The van der Waals surface area contributed by atoms with E-state index in [1.807, 2.05) is 31.1 Å². The van der Waals surface area contributed by atoms with Crippen LogP contribution < -0.4 is 10.1 Å². The molecule has 39 heavy (non-hydrogen) atoms. The average molecular weight is 550 g/mol. The van der Waals surface area contributed by atoms with Crippen LogP contribution in [0.5, 0.6) is 5.75 Å². The zero-order valence-electron chi connectivity index (χ0n) is 22.7. The number of amides is 2. The van der Waals surface area contributed by atoms with Crippen LogP contribution in [0.4, 0.5) is 5.69 Å². The van der Waals surface area contributed by atoms with Crippen molar-refractivity contribution in [3.63, 3.8) is 0 Å². The van der Waals surface area contributed by atoms with Crippen LogP contribution in [-0.4, -0.2) is 72.7 Å². The monoisotopic (exact) mass is 549 g/mol. The molecule has 0 saturated heterocycles.